The van der Waals surface area contributed by atoms with Crippen molar-refractivity contribution in [3.63, 3.8) is 0 Å². The van der Waals surface area contributed by atoms with Crippen LogP contribution < -0.4 is 0 Å². The maximum atomic E-state index is 11.6. The van der Waals surface area contributed by atoms with Gasteiger partial charge in [-0.15, -0.1) is 0 Å². The fourth-order valence-electron chi connectivity index (χ4n) is 1.79. The first kappa shape index (κ1) is 17.6. The van der Waals surface area contributed by atoms with E-state index in [0.717, 1.165) is 5.56 Å². The molecule has 1 aromatic rings. The van der Waals surface area contributed by atoms with Crippen molar-refractivity contribution in [1.29, 1.82) is 0 Å². The molecule has 0 heterocycles. The van der Waals surface area contributed by atoms with Crippen molar-refractivity contribution in [3.8, 4) is 0 Å². The number of benzene rings is 1. The lowest BCUT2D eigenvalue weighted by molar-refractivity contribution is -0.137. The van der Waals surface area contributed by atoms with Gasteiger partial charge in [-0.3, -0.25) is 0 Å². The lowest BCUT2D eigenvalue weighted by Gasteiger charge is -2.23. The van der Waals surface area contributed by atoms with Gasteiger partial charge in [-0.1, -0.05) is 30.3 Å². The summed E-state index contributed by atoms with van der Waals surface area (Å²) in [6.07, 6.45) is 3.77. The number of ether oxygens (including phenoxy) is 1. The number of carbonyl (C=O) groups is 1. The van der Waals surface area contributed by atoms with E-state index in [9.17, 15) is 4.79 Å². The van der Waals surface area contributed by atoms with Crippen LogP contribution in [0.4, 0.5) is 0 Å². The molecule has 0 amide bonds. The van der Waals surface area contributed by atoms with Gasteiger partial charge in [-0.25, -0.2) is 4.79 Å². The summed E-state index contributed by atoms with van der Waals surface area (Å²) < 4.78 is 21.0. The summed E-state index contributed by atoms with van der Waals surface area (Å²) in [6.45, 7) is 0.308. The van der Waals surface area contributed by atoms with Gasteiger partial charge in [-0.2, -0.15) is 0 Å². The molecule has 21 heavy (non-hydrogen) atoms. The minimum absolute atomic E-state index is 0.308. The van der Waals surface area contributed by atoms with Crippen molar-refractivity contribution in [2.45, 2.75) is 12.5 Å². The van der Waals surface area contributed by atoms with Gasteiger partial charge in [0.2, 0.25) is 0 Å². The van der Waals surface area contributed by atoms with Gasteiger partial charge < -0.3 is 18.0 Å². The summed E-state index contributed by atoms with van der Waals surface area (Å²) in [5.41, 5.74) is 0.957. The first-order valence-corrected chi connectivity index (χ1v) is 8.64. The number of hydrogen-bond donors (Lipinski definition) is 0. The molecule has 6 heteroatoms. The van der Waals surface area contributed by atoms with Crippen LogP contribution in [0.3, 0.4) is 0 Å². The average molecular weight is 310 g/mol. The molecule has 116 valence electrons. The van der Waals surface area contributed by atoms with Crippen LogP contribution in [-0.2, 0) is 22.8 Å². The quantitative estimate of drug-likeness (QED) is 0.304. The summed E-state index contributed by atoms with van der Waals surface area (Å²) in [7, 11) is 2.12. The fraction of sp³-hybridized carbons (Fsp3) is 0.400. The van der Waals surface area contributed by atoms with Gasteiger partial charge in [-0.05, 0) is 18.1 Å². The lowest BCUT2D eigenvalue weighted by Crippen LogP contribution is -2.42. The zero-order valence-corrected chi connectivity index (χ0v) is 13.7. The molecule has 0 aliphatic heterocycles. The van der Waals surface area contributed by atoms with Gasteiger partial charge in [0.05, 0.1) is 6.61 Å². The highest BCUT2D eigenvalue weighted by Crippen LogP contribution is 2.14. The normalized spacial score (nSPS) is 11.8. The van der Waals surface area contributed by atoms with E-state index in [1.807, 2.05) is 30.3 Å². The van der Waals surface area contributed by atoms with Crippen LogP contribution in [0, 0.1) is 0 Å². The fourth-order valence-corrected chi connectivity index (χ4v) is 3.48. The van der Waals surface area contributed by atoms with Crippen molar-refractivity contribution >= 4 is 20.8 Å². The maximum Gasteiger partial charge on any atom is 0.500 e. The van der Waals surface area contributed by atoms with Crippen LogP contribution in [0.5, 0.6) is 0 Å². The van der Waals surface area contributed by atoms with E-state index >= 15 is 0 Å². The molecule has 0 bridgehead atoms. The van der Waals surface area contributed by atoms with Crippen LogP contribution >= 0.6 is 0 Å². The Labute approximate surface area is 126 Å². The molecule has 1 rings (SSSR count). The van der Waals surface area contributed by atoms with Crippen molar-refractivity contribution in [2.75, 3.05) is 27.9 Å². The number of rotatable bonds is 9. The first-order chi connectivity index (χ1) is 10.2. The van der Waals surface area contributed by atoms with E-state index in [0.29, 0.717) is 19.1 Å². The second-order valence-electron chi connectivity index (χ2n) is 4.31. The highest BCUT2D eigenvalue weighted by Gasteiger charge is 2.36. The molecule has 0 unspecified atom stereocenters. The monoisotopic (exact) mass is 310 g/mol. The van der Waals surface area contributed by atoms with Gasteiger partial charge in [0.15, 0.2) is 0 Å². The van der Waals surface area contributed by atoms with Crippen LogP contribution in [0.1, 0.15) is 12.0 Å². The minimum atomic E-state index is -2.57. The average Bonchev–Trinajstić information content (AvgIpc) is 2.55. The summed E-state index contributed by atoms with van der Waals surface area (Å²) in [6, 6.07) is 10.2. The van der Waals surface area contributed by atoms with Crippen molar-refractivity contribution < 1.29 is 22.8 Å². The Hall–Kier alpha value is -1.47. The minimum Gasteiger partial charge on any atom is -0.463 e. The largest absolute Gasteiger partial charge is 0.500 e. The molecule has 0 saturated carbocycles. The van der Waals surface area contributed by atoms with E-state index in [1.54, 1.807) is 27.4 Å². The zero-order chi connectivity index (χ0) is 15.6. The molecule has 0 atom stereocenters. The Kier molecular flexibility index (Phi) is 7.92. The van der Waals surface area contributed by atoms with Gasteiger partial charge in [0, 0.05) is 33.4 Å². The summed E-state index contributed by atoms with van der Waals surface area (Å²) >= 11 is 0. The highest BCUT2D eigenvalue weighted by atomic mass is 28.4. The molecular formula is C15H22O5Si. The van der Waals surface area contributed by atoms with Crippen LogP contribution in [0.15, 0.2) is 36.4 Å². The van der Waals surface area contributed by atoms with Crippen LogP contribution in [0.25, 0.3) is 6.08 Å². The Bertz CT molecular complexity index is 434. The Balaban J connectivity index is 2.29. The topological polar surface area (TPSA) is 54.0 Å². The smallest absolute Gasteiger partial charge is 0.463 e. The van der Waals surface area contributed by atoms with Crippen LogP contribution in [-0.4, -0.2) is 42.7 Å². The summed E-state index contributed by atoms with van der Waals surface area (Å²) in [5, 5.41) is 0. The molecule has 0 aliphatic carbocycles. The second-order valence-corrected chi connectivity index (χ2v) is 7.40. The standard InChI is InChI=1S/C15H22O5Si/c1-17-21(18-2,19-3)13-7-12-20-15(16)11-10-14-8-5-4-6-9-14/h4-6,8-11H,7,12-13H2,1-3H3. The number of hydrogen-bond acceptors (Lipinski definition) is 5. The first-order valence-electron chi connectivity index (χ1n) is 6.71. The predicted molar refractivity (Wildman–Crippen MR) is 82.6 cm³/mol. The Morgan fingerprint density at radius 3 is 2.29 bits per heavy atom. The number of esters is 1. The lowest BCUT2D eigenvalue weighted by atomic mass is 10.2. The Morgan fingerprint density at radius 1 is 1.10 bits per heavy atom. The third-order valence-corrected chi connectivity index (χ3v) is 5.85. The molecule has 0 fully saturated rings. The molecule has 0 aliphatic rings. The van der Waals surface area contributed by atoms with E-state index in [-0.39, 0.29) is 5.97 Å². The third-order valence-electron chi connectivity index (χ3n) is 3.02. The molecule has 0 spiro atoms. The van der Waals surface area contributed by atoms with E-state index in [4.69, 9.17) is 18.0 Å². The third kappa shape index (κ3) is 6.22. The SMILES string of the molecule is CO[Si](CCCOC(=O)C=Cc1ccccc1)(OC)OC. The van der Waals surface area contributed by atoms with E-state index < -0.39 is 8.80 Å². The molecule has 0 aromatic heterocycles. The second kappa shape index (κ2) is 9.46. The van der Waals surface area contributed by atoms with Gasteiger partial charge in [0.1, 0.15) is 0 Å². The zero-order valence-electron chi connectivity index (χ0n) is 12.7. The van der Waals surface area contributed by atoms with E-state index in [1.165, 1.54) is 6.08 Å². The molecule has 0 N–H and O–H groups in total. The number of carbonyl (C=O) groups excluding carboxylic acids is 1. The molecule has 1 aromatic carbocycles. The molecular weight excluding hydrogens is 288 g/mol. The predicted octanol–water partition coefficient (Wildman–Crippen LogP) is 2.51. The van der Waals surface area contributed by atoms with Crippen molar-refractivity contribution in [3.05, 3.63) is 42.0 Å². The van der Waals surface area contributed by atoms with Crippen LogP contribution in [0.2, 0.25) is 6.04 Å². The maximum absolute atomic E-state index is 11.6. The highest BCUT2D eigenvalue weighted by molar-refractivity contribution is 6.60. The van der Waals surface area contributed by atoms with Gasteiger partial charge in [0.25, 0.3) is 0 Å². The van der Waals surface area contributed by atoms with Crippen molar-refractivity contribution in [1.82, 2.24) is 0 Å². The summed E-state index contributed by atoms with van der Waals surface area (Å²) in [4.78, 5) is 11.6. The Morgan fingerprint density at radius 2 is 1.71 bits per heavy atom. The molecule has 0 saturated heterocycles. The van der Waals surface area contributed by atoms with E-state index in [2.05, 4.69) is 0 Å². The summed E-state index contributed by atoms with van der Waals surface area (Å²) in [5.74, 6) is -0.363. The molecule has 5 nitrogen and oxygen atoms in total. The van der Waals surface area contributed by atoms with Crippen molar-refractivity contribution in [2.24, 2.45) is 0 Å². The molecule has 0 radical (unpaired) electrons. The van der Waals surface area contributed by atoms with Gasteiger partial charge >= 0.3 is 14.8 Å².